The molecule has 12 heavy (non-hydrogen) atoms. The van der Waals surface area contributed by atoms with Gasteiger partial charge in [-0.2, -0.15) is 0 Å². The van der Waals surface area contributed by atoms with Crippen LogP contribution in [0.2, 0.25) is 0 Å². The van der Waals surface area contributed by atoms with Gasteiger partial charge in [-0.05, 0) is 13.8 Å². The van der Waals surface area contributed by atoms with Gasteiger partial charge < -0.3 is 15.5 Å². The zero-order chi connectivity index (χ0) is 8.97. The molecule has 5 heteroatoms. The summed E-state index contributed by atoms with van der Waals surface area (Å²) in [7, 11) is 0. The molecule has 3 N–H and O–H groups in total. The molecule has 0 spiro atoms. The highest BCUT2D eigenvalue weighted by Crippen LogP contribution is 2.06. The summed E-state index contributed by atoms with van der Waals surface area (Å²) in [6.07, 6.45) is 0.632. The van der Waals surface area contributed by atoms with E-state index in [9.17, 15) is 0 Å². The minimum Gasteiger partial charge on any atom is -0.408 e. The quantitative estimate of drug-likeness (QED) is 0.683. The first-order chi connectivity index (χ1) is 5.72. The molecule has 0 aliphatic carbocycles. The number of nitrogens with zero attached hydrogens (tertiary/aromatic N) is 2. The smallest absolute Gasteiger partial charge is 0.315 e. The third kappa shape index (κ3) is 2.50. The molecule has 0 atom stereocenters. The average molecular weight is 170 g/mol. The van der Waals surface area contributed by atoms with Crippen LogP contribution in [0.4, 0.5) is 6.01 Å². The van der Waals surface area contributed by atoms with Gasteiger partial charge in [0, 0.05) is 19.0 Å². The summed E-state index contributed by atoms with van der Waals surface area (Å²) in [5.41, 5.74) is 5.32. The average Bonchev–Trinajstić information content (AvgIpc) is 2.36. The Kier molecular flexibility index (Phi) is 3.04. The van der Waals surface area contributed by atoms with Crippen LogP contribution in [0.25, 0.3) is 0 Å². The zero-order valence-electron chi connectivity index (χ0n) is 7.37. The summed E-state index contributed by atoms with van der Waals surface area (Å²) in [4.78, 5) is 0. The number of nitrogens with two attached hydrogens (primary N) is 1. The number of hydrogen-bond donors (Lipinski definition) is 2. The van der Waals surface area contributed by atoms with E-state index in [0.717, 1.165) is 0 Å². The molecule has 1 rings (SSSR count). The van der Waals surface area contributed by atoms with Gasteiger partial charge in [0.25, 0.3) is 0 Å². The molecule has 0 unspecified atom stereocenters. The molecular weight excluding hydrogens is 156 g/mol. The molecule has 0 amide bonds. The van der Waals surface area contributed by atoms with Crippen molar-refractivity contribution < 1.29 is 4.42 Å². The molecule has 68 valence electrons. The van der Waals surface area contributed by atoms with E-state index < -0.39 is 0 Å². The first-order valence-corrected chi connectivity index (χ1v) is 4.01. The Hall–Kier alpha value is -1.10. The molecule has 1 aromatic rings. The van der Waals surface area contributed by atoms with Gasteiger partial charge in [-0.25, -0.2) is 0 Å². The molecule has 0 aliphatic rings. The van der Waals surface area contributed by atoms with Gasteiger partial charge in [-0.3, -0.25) is 0 Å². The Bertz CT molecular complexity index is 233. The first-order valence-electron chi connectivity index (χ1n) is 4.01. The summed E-state index contributed by atoms with van der Waals surface area (Å²) >= 11 is 0. The number of nitrogens with one attached hydrogen (secondary N) is 1. The lowest BCUT2D eigenvalue weighted by Gasteiger charge is -2.02. The lowest BCUT2D eigenvalue weighted by atomic mass is 10.4. The number of aromatic nitrogens is 2. The van der Waals surface area contributed by atoms with Gasteiger partial charge in [-0.1, -0.05) is 5.10 Å². The van der Waals surface area contributed by atoms with Crippen molar-refractivity contribution in [2.45, 2.75) is 26.3 Å². The summed E-state index contributed by atoms with van der Waals surface area (Å²) in [5.74, 6) is 0.584. The van der Waals surface area contributed by atoms with Crippen molar-refractivity contribution >= 4 is 6.01 Å². The van der Waals surface area contributed by atoms with Crippen LogP contribution in [0.15, 0.2) is 4.42 Å². The molecule has 5 nitrogen and oxygen atoms in total. The molecule has 0 aromatic carbocycles. The molecular formula is C7H14N4O. The predicted octanol–water partition coefficient (Wildman–Crippen LogP) is 0.391. The molecule has 0 fully saturated rings. The van der Waals surface area contributed by atoms with E-state index in [2.05, 4.69) is 15.5 Å². The number of rotatable bonds is 4. The molecule has 0 radical (unpaired) electrons. The maximum Gasteiger partial charge on any atom is 0.315 e. The maximum absolute atomic E-state index is 5.32. The van der Waals surface area contributed by atoms with Crippen molar-refractivity contribution in [3.63, 3.8) is 0 Å². The Morgan fingerprint density at radius 2 is 2.25 bits per heavy atom. The second-order valence-electron chi connectivity index (χ2n) is 2.84. The Labute approximate surface area is 71.3 Å². The van der Waals surface area contributed by atoms with Crippen molar-refractivity contribution in [3.05, 3.63) is 5.89 Å². The van der Waals surface area contributed by atoms with Crippen LogP contribution in [0, 0.1) is 0 Å². The summed E-state index contributed by atoms with van der Waals surface area (Å²) in [6, 6.07) is 0.768. The number of hydrogen-bond acceptors (Lipinski definition) is 5. The fraction of sp³-hybridized carbons (Fsp3) is 0.714. The van der Waals surface area contributed by atoms with Gasteiger partial charge in [0.1, 0.15) is 0 Å². The lowest BCUT2D eigenvalue weighted by molar-refractivity contribution is 0.502. The first kappa shape index (κ1) is 8.99. The third-order valence-electron chi connectivity index (χ3n) is 1.24. The fourth-order valence-electron chi connectivity index (χ4n) is 0.783. The van der Waals surface area contributed by atoms with E-state index in [4.69, 9.17) is 10.2 Å². The topological polar surface area (TPSA) is 77.0 Å². The third-order valence-corrected chi connectivity index (χ3v) is 1.24. The SMILES string of the molecule is CC(C)Nc1nnc(CCN)o1. The number of anilines is 1. The van der Waals surface area contributed by atoms with Crippen molar-refractivity contribution in [2.75, 3.05) is 11.9 Å². The second kappa shape index (κ2) is 4.06. The van der Waals surface area contributed by atoms with Gasteiger partial charge in [0.15, 0.2) is 0 Å². The summed E-state index contributed by atoms with van der Waals surface area (Å²) < 4.78 is 5.22. The van der Waals surface area contributed by atoms with E-state index in [1.807, 2.05) is 13.8 Å². The second-order valence-corrected chi connectivity index (χ2v) is 2.84. The minimum absolute atomic E-state index is 0.302. The Morgan fingerprint density at radius 1 is 1.50 bits per heavy atom. The van der Waals surface area contributed by atoms with Crippen LogP contribution >= 0.6 is 0 Å². The van der Waals surface area contributed by atoms with Crippen LogP contribution in [0.5, 0.6) is 0 Å². The molecule has 0 aliphatic heterocycles. The van der Waals surface area contributed by atoms with Crippen LogP contribution in [-0.2, 0) is 6.42 Å². The van der Waals surface area contributed by atoms with Crippen molar-refractivity contribution in [1.29, 1.82) is 0 Å². The normalized spacial score (nSPS) is 10.7. The van der Waals surface area contributed by atoms with Crippen molar-refractivity contribution in [1.82, 2.24) is 10.2 Å². The van der Waals surface area contributed by atoms with Crippen molar-refractivity contribution in [2.24, 2.45) is 5.73 Å². The molecule has 1 aromatic heterocycles. The largest absolute Gasteiger partial charge is 0.408 e. The molecule has 0 bridgehead atoms. The Balaban J connectivity index is 2.52. The predicted molar refractivity (Wildman–Crippen MR) is 45.8 cm³/mol. The Morgan fingerprint density at radius 3 is 2.83 bits per heavy atom. The zero-order valence-corrected chi connectivity index (χ0v) is 7.37. The van der Waals surface area contributed by atoms with Crippen LogP contribution in [0.3, 0.4) is 0 Å². The van der Waals surface area contributed by atoms with Crippen LogP contribution in [0.1, 0.15) is 19.7 Å². The van der Waals surface area contributed by atoms with Crippen LogP contribution < -0.4 is 11.1 Å². The summed E-state index contributed by atoms with van der Waals surface area (Å²) in [6.45, 7) is 4.54. The van der Waals surface area contributed by atoms with Crippen molar-refractivity contribution in [3.8, 4) is 0 Å². The van der Waals surface area contributed by atoms with E-state index in [0.29, 0.717) is 30.9 Å². The molecule has 1 heterocycles. The molecule has 0 saturated carbocycles. The molecule has 0 saturated heterocycles. The standard InChI is InChI=1S/C7H14N4O/c1-5(2)9-7-11-10-6(12-7)3-4-8/h5H,3-4,8H2,1-2H3,(H,9,11). The van der Waals surface area contributed by atoms with E-state index in [1.54, 1.807) is 0 Å². The lowest BCUT2D eigenvalue weighted by Crippen LogP contribution is -2.09. The van der Waals surface area contributed by atoms with E-state index in [1.165, 1.54) is 0 Å². The summed E-state index contributed by atoms with van der Waals surface area (Å²) in [5, 5.41) is 10.6. The van der Waals surface area contributed by atoms with E-state index in [-0.39, 0.29) is 0 Å². The monoisotopic (exact) mass is 170 g/mol. The minimum atomic E-state index is 0.302. The van der Waals surface area contributed by atoms with Crippen LogP contribution in [-0.4, -0.2) is 22.8 Å². The van der Waals surface area contributed by atoms with Gasteiger partial charge in [-0.15, -0.1) is 5.10 Å². The fourth-order valence-corrected chi connectivity index (χ4v) is 0.783. The van der Waals surface area contributed by atoms with Gasteiger partial charge >= 0.3 is 6.01 Å². The van der Waals surface area contributed by atoms with Gasteiger partial charge in [0.2, 0.25) is 5.89 Å². The van der Waals surface area contributed by atoms with E-state index >= 15 is 0 Å². The maximum atomic E-state index is 5.32. The van der Waals surface area contributed by atoms with Gasteiger partial charge in [0.05, 0.1) is 0 Å². The highest BCUT2D eigenvalue weighted by molar-refractivity contribution is 5.18. The highest BCUT2D eigenvalue weighted by atomic mass is 16.4. The highest BCUT2D eigenvalue weighted by Gasteiger charge is 2.04.